The zero-order valence-corrected chi connectivity index (χ0v) is 11.3. The van der Waals surface area contributed by atoms with E-state index in [-0.39, 0.29) is 0 Å². The van der Waals surface area contributed by atoms with E-state index in [0.717, 1.165) is 16.5 Å². The standard InChI is InChI=1S/C13H16N2OSi/c1-17(2,3)16-13(8-14)11-9-15-12-7-5-4-6-10(11)12/h4-7,9,13,15H,1-3H3. The van der Waals surface area contributed by atoms with E-state index in [4.69, 9.17) is 4.43 Å². The van der Waals surface area contributed by atoms with E-state index in [9.17, 15) is 5.26 Å². The zero-order valence-electron chi connectivity index (χ0n) is 10.3. The molecule has 0 saturated heterocycles. The zero-order chi connectivity index (χ0) is 12.5. The first-order valence-corrected chi connectivity index (χ1v) is 9.05. The van der Waals surface area contributed by atoms with E-state index in [1.807, 2.05) is 30.5 Å². The van der Waals surface area contributed by atoms with Crippen LogP contribution in [0.2, 0.25) is 19.6 Å². The van der Waals surface area contributed by atoms with Crippen molar-refractivity contribution in [3.63, 3.8) is 0 Å². The Labute approximate surface area is 102 Å². The van der Waals surface area contributed by atoms with Gasteiger partial charge in [0.25, 0.3) is 0 Å². The van der Waals surface area contributed by atoms with Gasteiger partial charge in [-0.3, -0.25) is 0 Å². The molecule has 1 aromatic carbocycles. The quantitative estimate of drug-likeness (QED) is 0.839. The van der Waals surface area contributed by atoms with Gasteiger partial charge >= 0.3 is 0 Å². The van der Waals surface area contributed by atoms with Crippen molar-refractivity contribution in [1.82, 2.24) is 4.98 Å². The van der Waals surface area contributed by atoms with Gasteiger partial charge in [-0.2, -0.15) is 5.26 Å². The van der Waals surface area contributed by atoms with Crippen molar-refractivity contribution in [1.29, 1.82) is 5.26 Å². The lowest BCUT2D eigenvalue weighted by Crippen LogP contribution is -2.27. The maximum absolute atomic E-state index is 9.25. The first kappa shape index (κ1) is 11.9. The molecule has 2 rings (SSSR count). The van der Waals surface area contributed by atoms with Gasteiger partial charge in [-0.1, -0.05) is 18.2 Å². The molecule has 1 unspecified atom stereocenters. The van der Waals surface area contributed by atoms with E-state index >= 15 is 0 Å². The van der Waals surface area contributed by atoms with Crippen molar-refractivity contribution < 1.29 is 4.43 Å². The molecule has 4 heteroatoms. The third-order valence-corrected chi connectivity index (χ3v) is 3.44. The van der Waals surface area contributed by atoms with Gasteiger partial charge in [-0.25, -0.2) is 0 Å². The van der Waals surface area contributed by atoms with Gasteiger partial charge in [0.05, 0.1) is 6.07 Å². The van der Waals surface area contributed by atoms with Gasteiger partial charge in [0.15, 0.2) is 14.4 Å². The molecule has 0 aliphatic rings. The summed E-state index contributed by atoms with van der Waals surface area (Å²) in [6.45, 7) is 6.27. The maximum atomic E-state index is 9.25. The molecule has 0 amide bonds. The Morgan fingerprint density at radius 3 is 2.65 bits per heavy atom. The summed E-state index contributed by atoms with van der Waals surface area (Å²) in [7, 11) is -1.72. The molecule has 17 heavy (non-hydrogen) atoms. The Morgan fingerprint density at radius 1 is 1.29 bits per heavy atom. The molecule has 0 spiro atoms. The van der Waals surface area contributed by atoms with Crippen LogP contribution in [0.1, 0.15) is 11.7 Å². The lowest BCUT2D eigenvalue weighted by Gasteiger charge is -2.21. The summed E-state index contributed by atoms with van der Waals surface area (Å²) in [6, 6.07) is 10.2. The second-order valence-corrected chi connectivity index (χ2v) is 9.49. The highest BCUT2D eigenvalue weighted by Crippen LogP contribution is 2.28. The van der Waals surface area contributed by atoms with Gasteiger partial charge in [-0.05, 0) is 25.7 Å². The summed E-state index contributed by atoms with van der Waals surface area (Å²) >= 11 is 0. The Kier molecular flexibility index (Phi) is 3.05. The molecule has 2 aromatic rings. The average Bonchev–Trinajstić information content (AvgIpc) is 2.68. The third kappa shape index (κ3) is 2.57. The smallest absolute Gasteiger partial charge is 0.186 e. The van der Waals surface area contributed by atoms with Crippen molar-refractivity contribution in [2.24, 2.45) is 0 Å². The van der Waals surface area contributed by atoms with Crippen LogP contribution in [0.25, 0.3) is 10.9 Å². The molecule has 0 aliphatic heterocycles. The average molecular weight is 244 g/mol. The van der Waals surface area contributed by atoms with Gasteiger partial charge < -0.3 is 9.41 Å². The molecule has 1 N–H and O–H groups in total. The molecule has 1 aromatic heterocycles. The van der Waals surface area contributed by atoms with Crippen molar-refractivity contribution in [3.05, 3.63) is 36.0 Å². The number of nitriles is 1. The van der Waals surface area contributed by atoms with Gasteiger partial charge in [0, 0.05) is 22.7 Å². The van der Waals surface area contributed by atoms with Crippen LogP contribution < -0.4 is 0 Å². The monoisotopic (exact) mass is 244 g/mol. The Balaban J connectivity index is 2.41. The van der Waals surface area contributed by atoms with E-state index in [1.165, 1.54) is 0 Å². The molecular formula is C13H16N2OSi. The topological polar surface area (TPSA) is 48.8 Å². The van der Waals surface area contributed by atoms with Gasteiger partial charge in [0.1, 0.15) is 0 Å². The second kappa shape index (κ2) is 4.36. The normalized spacial score (nSPS) is 13.5. The first-order chi connectivity index (χ1) is 8.01. The van der Waals surface area contributed by atoms with E-state index in [1.54, 1.807) is 0 Å². The largest absolute Gasteiger partial charge is 0.399 e. The lowest BCUT2D eigenvalue weighted by atomic mass is 10.1. The van der Waals surface area contributed by atoms with Crippen LogP contribution in [0.3, 0.4) is 0 Å². The van der Waals surface area contributed by atoms with Crippen molar-refractivity contribution in [3.8, 4) is 6.07 Å². The minimum atomic E-state index is -1.72. The maximum Gasteiger partial charge on any atom is 0.186 e. The Morgan fingerprint density at radius 2 is 2.00 bits per heavy atom. The summed E-state index contributed by atoms with van der Waals surface area (Å²) in [4.78, 5) is 3.17. The highest BCUT2D eigenvalue weighted by atomic mass is 28.4. The number of rotatable bonds is 3. The predicted octanol–water partition coefficient (Wildman–Crippen LogP) is 3.58. The van der Waals surface area contributed by atoms with Crippen molar-refractivity contribution in [2.45, 2.75) is 25.7 Å². The highest BCUT2D eigenvalue weighted by Gasteiger charge is 2.24. The molecule has 0 bridgehead atoms. The number of hydrogen-bond acceptors (Lipinski definition) is 2. The number of H-pyrrole nitrogens is 1. The van der Waals surface area contributed by atoms with Crippen molar-refractivity contribution in [2.75, 3.05) is 0 Å². The number of nitrogens with one attached hydrogen (secondary N) is 1. The summed E-state index contributed by atoms with van der Waals surface area (Å²) in [5.74, 6) is 0. The number of aromatic nitrogens is 1. The number of aromatic amines is 1. The van der Waals surface area contributed by atoms with Crippen LogP contribution in [0.15, 0.2) is 30.5 Å². The van der Waals surface area contributed by atoms with E-state index in [2.05, 4.69) is 30.7 Å². The van der Waals surface area contributed by atoms with Crippen LogP contribution in [-0.4, -0.2) is 13.3 Å². The molecule has 1 atom stereocenters. The SMILES string of the molecule is C[Si](C)(C)OC(C#N)c1c[nH]c2ccccc12. The molecule has 0 radical (unpaired) electrons. The predicted molar refractivity (Wildman–Crippen MR) is 71.1 cm³/mol. The molecule has 0 fully saturated rings. The number of nitrogens with zero attached hydrogens (tertiary/aromatic N) is 1. The summed E-state index contributed by atoms with van der Waals surface area (Å²) < 4.78 is 5.90. The second-order valence-electron chi connectivity index (χ2n) is 5.03. The summed E-state index contributed by atoms with van der Waals surface area (Å²) in [6.07, 6.45) is 1.40. The molecule has 1 heterocycles. The number of fused-ring (bicyclic) bond motifs is 1. The number of hydrogen-bond donors (Lipinski definition) is 1. The minimum absolute atomic E-state index is 0.474. The first-order valence-electron chi connectivity index (χ1n) is 5.65. The number of para-hydroxylation sites is 1. The fourth-order valence-electron chi connectivity index (χ4n) is 1.82. The van der Waals surface area contributed by atoms with Crippen LogP contribution >= 0.6 is 0 Å². The van der Waals surface area contributed by atoms with Crippen molar-refractivity contribution >= 4 is 19.2 Å². The highest BCUT2D eigenvalue weighted by molar-refractivity contribution is 6.69. The third-order valence-electron chi connectivity index (χ3n) is 2.49. The molecular weight excluding hydrogens is 228 g/mol. The van der Waals surface area contributed by atoms with E-state index < -0.39 is 14.4 Å². The van der Waals surface area contributed by atoms with Crippen LogP contribution in [0, 0.1) is 11.3 Å². The molecule has 0 saturated carbocycles. The van der Waals surface area contributed by atoms with Gasteiger partial charge in [-0.15, -0.1) is 0 Å². The van der Waals surface area contributed by atoms with E-state index in [0.29, 0.717) is 0 Å². The lowest BCUT2D eigenvalue weighted by molar-refractivity contribution is 0.256. The molecule has 88 valence electrons. The Bertz CT molecular complexity index is 563. The van der Waals surface area contributed by atoms with Crippen LogP contribution in [-0.2, 0) is 4.43 Å². The summed E-state index contributed by atoms with van der Waals surface area (Å²) in [5, 5.41) is 10.3. The number of benzene rings is 1. The molecule has 0 aliphatic carbocycles. The minimum Gasteiger partial charge on any atom is -0.399 e. The fraction of sp³-hybridized carbons (Fsp3) is 0.308. The molecule has 3 nitrogen and oxygen atoms in total. The Hall–Kier alpha value is -1.57. The van der Waals surface area contributed by atoms with Gasteiger partial charge in [0.2, 0.25) is 0 Å². The summed E-state index contributed by atoms with van der Waals surface area (Å²) in [5.41, 5.74) is 1.98. The fourth-order valence-corrected chi connectivity index (χ4v) is 2.71. The van der Waals surface area contributed by atoms with Crippen LogP contribution in [0.5, 0.6) is 0 Å². The van der Waals surface area contributed by atoms with Crippen LogP contribution in [0.4, 0.5) is 0 Å².